The fourth-order valence-electron chi connectivity index (χ4n) is 5.09. The summed E-state index contributed by atoms with van der Waals surface area (Å²) in [7, 11) is 0. The molecular formula is C30H35F4N7O4S. The number of amides is 3. The molecule has 1 aliphatic carbocycles. The topological polar surface area (TPSA) is 130 Å². The molecule has 0 unspecified atom stereocenters. The van der Waals surface area contributed by atoms with Crippen LogP contribution in [0, 0.1) is 11.7 Å². The van der Waals surface area contributed by atoms with Crippen molar-refractivity contribution in [1.82, 2.24) is 20.1 Å². The lowest BCUT2D eigenvalue weighted by Gasteiger charge is -2.25. The van der Waals surface area contributed by atoms with Crippen LogP contribution in [0.5, 0.6) is 0 Å². The molecule has 3 N–H and O–H groups in total. The third kappa shape index (κ3) is 8.33. The Morgan fingerprint density at radius 2 is 1.78 bits per heavy atom. The molecule has 5 rings (SSSR count). The van der Waals surface area contributed by atoms with E-state index in [2.05, 4.69) is 26.0 Å². The van der Waals surface area contributed by atoms with E-state index in [0.717, 1.165) is 24.2 Å². The third-order valence-electron chi connectivity index (χ3n) is 7.37. The SMILES string of the molecule is CC(C)(C)OC(=O)Nc1sc(-c2ccccc2F)nc1C(=O)Nc1cnn(CC2CC2)c1N1CCC[C@@H](NC(=O)C(F)(F)F)CC1. The van der Waals surface area contributed by atoms with Crippen molar-refractivity contribution in [3.05, 3.63) is 42.0 Å². The van der Waals surface area contributed by atoms with Crippen molar-refractivity contribution in [3.63, 3.8) is 0 Å². The lowest BCUT2D eigenvalue weighted by Crippen LogP contribution is -2.43. The second-order valence-corrected chi connectivity index (χ2v) is 13.4. The summed E-state index contributed by atoms with van der Waals surface area (Å²) in [6.07, 6.45) is -1.12. The van der Waals surface area contributed by atoms with Gasteiger partial charge in [-0.25, -0.2) is 18.9 Å². The Bertz CT molecular complexity index is 1600. The maximum Gasteiger partial charge on any atom is 0.471 e. The number of benzene rings is 1. The highest BCUT2D eigenvalue weighted by Crippen LogP contribution is 2.37. The number of aromatic nitrogens is 3. The van der Waals surface area contributed by atoms with E-state index >= 15 is 0 Å². The first-order valence-electron chi connectivity index (χ1n) is 14.9. The minimum Gasteiger partial charge on any atom is -0.444 e. The van der Waals surface area contributed by atoms with Gasteiger partial charge >= 0.3 is 18.2 Å². The number of carbonyl (C=O) groups excluding carboxylic acids is 3. The number of hydrogen-bond acceptors (Lipinski definition) is 8. The number of thiazole rings is 1. The summed E-state index contributed by atoms with van der Waals surface area (Å²) in [5.74, 6) is -2.22. The van der Waals surface area contributed by atoms with E-state index in [0.29, 0.717) is 49.9 Å². The van der Waals surface area contributed by atoms with Crippen molar-refractivity contribution in [2.45, 2.75) is 77.2 Å². The molecule has 3 aromatic rings. The largest absolute Gasteiger partial charge is 0.471 e. The van der Waals surface area contributed by atoms with Crippen LogP contribution in [0.1, 0.15) is 63.4 Å². The van der Waals surface area contributed by atoms with Gasteiger partial charge in [0, 0.05) is 31.2 Å². The molecule has 16 heteroatoms. The molecule has 46 heavy (non-hydrogen) atoms. The van der Waals surface area contributed by atoms with Crippen molar-refractivity contribution in [2.24, 2.45) is 5.92 Å². The molecule has 1 aromatic carbocycles. The minimum atomic E-state index is -4.97. The van der Waals surface area contributed by atoms with Crippen LogP contribution in [0.2, 0.25) is 0 Å². The molecule has 3 amide bonds. The standard InChI is InChI=1S/C30H35F4N7O4S/c1-29(2,3)45-28(44)39-25-22(38-24(46-25)19-8-4-5-9-20(19)31)23(42)37-21-15-35-41(16-17-10-11-17)26(21)40-13-6-7-18(12-14-40)36-27(43)30(32,33)34/h4-5,8-9,15,17-18H,6-7,10-14,16H2,1-3H3,(H,36,43)(H,37,42)(H,39,44)/t18-/m1/s1. The number of alkyl halides is 3. The number of halogens is 4. The van der Waals surface area contributed by atoms with Gasteiger partial charge in [0.1, 0.15) is 27.1 Å². The number of nitrogens with one attached hydrogen (secondary N) is 3. The van der Waals surface area contributed by atoms with Gasteiger partial charge in [-0.05, 0) is 70.9 Å². The van der Waals surface area contributed by atoms with Crippen LogP contribution in [-0.4, -0.2) is 63.6 Å². The molecule has 1 atom stereocenters. The summed E-state index contributed by atoms with van der Waals surface area (Å²) >= 11 is 0.914. The zero-order valence-electron chi connectivity index (χ0n) is 25.5. The number of ether oxygens (including phenoxy) is 1. The third-order valence-corrected chi connectivity index (χ3v) is 8.37. The van der Waals surface area contributed by atoms with Crippen molar-refractivity contribution in [2.75, 3.05) is 28.6 Å². The molecule has 1 saturated carbocycles. The van der Waals surface area contributed by atoms with Crippen molar-refractivity contribution in [3.8, 4) is 10.6 Å². The normalized spacial score (nSPS) is 17.3. The van der Waals surface area contributed by atoms with E-state index in [9.17, 15) is 31.9 Å². The monoisotopic (exact) mass is 665 g/mol. The summed E-state index contributed by atoms with van der Waals surface area (Å²) in [6, 6.07) is 5.26. The van der Waals surface area contributed by atoms with Crippen LogP contribution in [0.3, 0.4) is 0 Å². The first-order valence-corrected chi connectivity index (χ1v) is 15.7. The minimum absolute atomic E-state index is 0.0509. The van der Waals surface area contributed by atoms with E-state index in [1.54, 1.807) is 31.5 Å². The summed E-state index contributed by atoms with van der Waals surface area (Å²) in [5, 5.41) is 12.2. The van der Waals surface area contributed by atoms with Crippen LogP contribution in [-0.2, 0) is 16.1 Å². The highest BCUT2D eigenvalue weighted by molar-refractivity contribution is 7.19. The van der Waals surface area contributed by atoms with E-state index in [1.165, 1.54) is 24.4 Å². The predicted octanol–water partition coefficient (Wildman–Crippen LogP) is 6.19. The molecule has 248 valence electrons. The van der Waals surface area contributed by atoms with E-state index in [1.807, 2.05) is 4.90 Å². The van der Waals surface area contributed by atoms with Crippen LogP contribution in [0.4, 0.5) is 38.9 Å². The van der Waals surface area contributed by atoms with Crippen LogP contribution < -0.4 is 20.9 Å². The summed E-state index contributed by atoms with van der Waals surface area (Å²) in [5.41, 5.74) is -0.500. The van der Waals surface area contributed by atoms with E-state index in [-0.39, 0.29) is 27.7 Å². The molecule has 3 heterocycles. The average Bonchev–Trinajstić information content (AvgIpc) is 3.62. The zero-order chi connectivity index (χ0) is 33.2. The van der Waals surface area contributed by atoms with Gasteiger partial charge in [0.15, 0.2) is 11.5 Å². The maximum absolute atomic E-state index is 14.7. The van der Waals surface area contributed by atoms with Crippen LogP contribution in [0.15, 0.2) is 30.5 Å². The fourth-order valence-corrected chi connectivity index (χ4v) is 6.06. The van der Waals surface area contributed by atoms with Gasteiger partial charge in [0.05, 0.1) is 6.20 Å². The number of anilines is 3. The Hall–Kier alpha value is -4.21. The molecule has 0 bridgehead atoms. The first-order chi connectivity index (χ1) is 21.7. The van der Waals surface area contributed by atoms with Gasteiger partial charge in [0.25, 0.3) is 5.91 Å². The Morgan fingerprint density at radius 3 is 2.46 bits per heavy atom. The molecule has 1 aliphatic heterocycles. The lowest BCUT2D eigenvalue weighted by atomic mass is 10.1. The number of hydrogen-bond donors (Lipinski definition) is 3. The fraction of sp³-hybridized carbons (Fsp3) is 0.500. The molecule has 2 aromatic heterocycles. The van der Waals surface area contributed by atoms with E-state index < -0.39 is 41.5 Å². The van der Waals surface area contributed by atoms with Crippen molar-refractivity contribution in [1.29, 1.82) is 0 Å². The first kappa shape index (κ1) is 33.2. The Morgan fingerprint density at radius 1 is 1.04 bits per heavy atom. The Balaban J connectivity index is 1.41. The number of nitrogens with zero attached hydrogens (tertiary/aromatic N) is 4. The van der Waals surface area contributed by atoms with Crippen molar-refractivity contribution >= 4 is 45.8 Å². The van der Waals surface area contributed by atoms with Gasteiger partial charge in [-0.15, -0.1) is 0 Å². The van der Waals surface area contributed by atoms with Gasteiger partial charge in [-0.2, -0.15) is 18.3 Å². The quantitative estimate of drug-likeness (QED) is 0.245. The summed E-state index contributed by atoms with van der Waals surface area (Å²) < 4.78 is 60.4. The average molecular weight is 666 g/mol. The zero-order valence-corrected chi connectivity index (χ0v) is 26.4. The van der Waals surface area contributed by atoms with Gasteiger partial charge in [-0.1, -0.05) is 23.5 Å². The second-order valence-electron chi connectivity index (χ2n) is 12.4. The summed E-state index contributed by atoms with van der Waals surface area (Å²) in [6.45, 7) is 6.42. The van der Waals surface area contributed by atoms with Crippen LogP contribution >= 0.6 is 11.3 Å². The molecule has 11 nitrogen and oxygen atoms in total. The Kier molecular flexibility index (Phi) is 9.56. The lowest BCUT2D eigenvalue weighted by molar-refractivity contribution is -0.174. The summed E-state index contributed by atoms with van der Waals surface area (Å²) in [4.78, 5) is 44.3. The molecule has 1 saturated heterocycles. The smallest absolute Gasteiger partial charge is 0.444 e. The van der Waals surface area contributed by atoms with Gasteiger partial charge in [0.2, 0.25) is 0 Å². The Labute approximate surface area is 266 Å². The maximum atomic E-state index is 14.7. The van der Waals surface area contributed by atoms with Crippen molar-refractivity contribution < 1.29 is 36.7 Å². The van der Waals surface area contributed by atoms with Gasteiger partial charge < -0.3 is 20.3 Å². The molecule has 0 spiro atoms. The van der Waals surface area contributed by atoms with Gasteiger partial charge in [-0.3, -0.25) is 14.9 Å². The predicted molar refractivity (Wildman–Crippen MR) is 164 cm³/mol. The highest BCUT2D eigenvalue weighted by Gasteiger charge is 2.40. The molecule has 0 radical (unpaired) electrons. The molecule has 2 fully saturated rings. The van der Waals surface area contributed by atoms with E-state index in [4.69, 9.17) is 4.74 Å². The second kappa shape index (κ2) is 13.3. The molecular weight excluding hydrogens is 630 g/mol. The number of carbonyl (C=O) groups is 3. The molecule has 2 aliphatic rings. The van der Waals surface area contributed by atoms with Crippen LogP contribution in [0.25, 0.3) is 10.6 Å². The highest BCUT2D eigenvalue weighted by atomic mass is 32.1. The number of rotatable bonds is 8.